The minimum Gasteiger partial charge on any atom is -0.135 e. The van der Waals surface area contributed by atoms with Gasteiger partial charge >= 0.3 is 0 Å². The van der Waals surface area contributed by atoms with Crippen LogP contribution in [0.5, 0.6) is 0 Å². The molecule has 108 valence electrons. The summed E-state index contributed by atoms with van der Waals surface area (Å²) in [7, 11) is 0. The topological polar surface area (TPSA) is 0 Å². The van der Waals surface area contributed by atoms with Gasteiger partial charge in [-0.2, -0.15) is 0 Å². The van der Waals surface area contributed by atoms with Crippen LogP contribution in [0.2, 0.25) is 0 Å². The van der Waals surface area contributed by atoms with E-state index in [1.165, 1.54) is 33.0 Å². The third kappa shape index (κ3) is 1.87. The van der Waals surface area contributed by atoms with Gasteiger partial charge in [0.25, 0.3) is 0 Å². The summed E-state index contributed by atoms with van der Waals surface area (Å²) < 4.78 is 2.85. The molecule has 0 spiro atoms. The molecule has 0 nitrogen and oxygen atoms in total. The average molecular weight is 294 g/mol. The van der Waals surface area contributed by atoms with Crippen LogP contribution in [0.25, 0.3) is 20.2 Å². The Labute approximate surface area is 130 Å². The van der Waals surface area contributed by atoms with E-state index in [0.29, 0.717) is 10.8 Å². The van der Waals surface area contributed by atoms with Gasteiger partial charge in [-0.05, 0) is 53.0 Å². The Morgan fingerprint density at radius 1 is 0.762 bits per heavy atom. The van der Waals surface area contributed by atoms with Crippen molar-refractivity contribution < 1.29 is 0 Å². The normalized spacial score (nSPS) is 19.8. The zero-order valence-corrected chi connectivity index (χ0v) is 14.1. The van der Waals surface area contributed by atoms with Crippen molar-refractivity contribution >= 4 is 31.5 Å². The number of benzene rings is 2. The van der Waals surface area contributed by atoms with Crippen LogP contribution in [0.4, 0.5) is 0 Å². The van der Waals surface area contributed by atoms with Crippen LogP contribution in [0.3, 0.4) is 0 Å². The molecule has 3 aromatic rings. The Kier molecular flexibility index (Phi) is 2.60. The molecule has 0 N–H and O–H groups in total. The van der Waals surface area contributed by atoms with E-state index in [1.54, 1.807) is 11.1 Å². The van der Waals surface area contributed by atoms with Crippen molar-refractivity contribution in [1.29, 1.82) is 0 Å². The summed E-state index contributed by atoms with van der Waals surface area (Å²) in [6.07, 6.45) is 2.56. The van der Waals surface area contributed by atoms with E-state index in [-0.39, 0.29) is 0 Å². The zero-order chi connectivity index (χ0) is 14.8. The van der Waals surface area contributed by atoms with Gasteiger partial charge in [-0.15, -0.1) is 11.3 Å². The minimum atomic E-state index is 0.294. The van der Waals surface area contributed by atoms with Gasteiger partial charge in [0.15, 0.2) is 0 Å². The van der Waals surface area contributed by atoms with Crippen LogP contribution < -0.4 is 0 Å². The molecular weight excluding hydrogens is 272 g/mol. The first-order chi connectivity index (χ1) is 9.88. The fraction of sp³-hybridized carbons (Fsp3) is 0.400. The lowest BCUT2D eigenvalue weighted by Gasteiger charge is -2.41. The van der Waals surface area contributed by atoms with Crippen molar-refractivity contribution in [3.05, 3.63) is 47.5 Å². The van der Waals surface area contributed by atoms with Crippen molar-refractivity contribution in [1.82, 2.24) is 0 Å². The molecule has 0 saturated carbocycles. The van der Waals surface area contributed by atoms with Crippen LogP contribution in [-0.4, -0.2) is 0 Å². The number of rotatable bonds is 0. The predicted molar refractivity (Wildman–Crippen MR) is 94.6 cm³/mol. The Morgan fingerprint density at radius 2 is 1.38 bits per heavy atom. The van der Waals surface area contributed by atoms with Crippen LogP contribution in [0.15, 0.2) is 36.4 Å². The lowest BCUT2D eigenvalue weighted by Crippen LogP contribution is -2.33. The fourth-order valence-corrected chi connectivity index (χ4v) is 4.91. The molecule has 0 unspecified atom stereocenters. The van der Waals surface area contributed by atoms with E-state index in [1.807, 2.05) is 11.3 Å². The number of thiophene rings is 1. The molecule has 1 aromatic heterocycles. The molecule has 1 heterocycles. The minimum absolute atomic E-state index is 0.294. The highest BCUT2D eigenvalue weighted by atomic mass is 32.1. The maximum atomic E-state index is 2.49. The molecule has 1 heteroatoms. The summed E-state index contributed by atoms with van der Waals surface area (Å²) in [6.45, 7) is 9.61. The molecule has 0 fully saturated rings. The molecule has 2 aromatic carbocycles. The second kappa shape index (κ2) is 4.10. The van der Waals surface area contributed by atoms with E-state index in [4.69, 9.17) is 0 Å². The standard InChI is InChI=1S/C20H22S/c1-19(2)9-10-20(3,4)16-12-18-14(11-15(16)19)13-7-5-6-8-17(13)21-18/h5-8,11-12H,9-10H2,1-4H3. The smallest absolute Gasteiger partial charge is 0.0358 e. The first kappa shape index (κ1) is 13.3. The van der Waals surface area contributed by atoms with Crippen LogP contribution in [0.1, 0.15) is 51.7 Å². The van der Waals surface area contributed by atoms with Crippen molar-refractivity contribution in [2.75, 3.05) is 0 Å². The largest absolute Gasteiger partial charge is 0.135 e. The molecule has 0 bridgehead atoms. The molecule has 0 radical (unpaired) electrons. The second-order valence-corrected chi connectivity index (χ2v) is 8.84. The van der Waals surface area contributed by atoms with E-state index in [2.05, 4.69) is 64.1 Å². The number of hydrogen-bond acceptors (Lipinski definition) is 1. The highest BCUT2D eigenvalue weighted by Crippen LogP contribution is 2.48. The first-order valence-corrected chi connectivity index (χ1v) is 8.66. The Hall–Kier alpha value is -1.34. The van der Waals surface area contributed by atoms with Crippen molar-refractivity contribution in [3.63, 3.8) is 0 Å². The van der Waals surface area contributed by atoms with Gasteiger partial charge in [0.05, 0.1) is 0 Å². The van der Waals surface area contributed by atoms with Crippen molar-refractivity contribution in [3.8, 4) is 0 Å². The van der Waals surface area contributed by atoms with Crippen LogP contribution >= 0.6 is 11.3 Å². The lowest BCUT2D eigenvalue weighted by molar-refractivity contribution is 0.332. The van der Waals surface area contributed by atoms with Gasteiger partial charge in [0.2, 0.25) is 0 Å². The highest BCUT2D eigenvalue weighted by molar-refractivity contribution is 7.25. The van der Waals surface area contributed by atoms with Crippen LogP contribution in [0, 0.1) is 0 Å². The Bertz CT molecular complexity index is 849. The second-order valence-electron chi connectivity index (χ2n) is 7.76. The molecule has 0 aliphatic heterocycles. The van der Waals surface area contributed by atoms with E-state index >= 15 is 0 Å². The maximum absolute atomic E-state index is 2.49. The monoisotopic (exact) mass is 294 g/mol. The average Bonchev–Trinajstić information content (AvgIpc) is 2.81. The van der Waals surface area contributed by atoms with E-state index in [9.17, 15) is 0 Å². The van der Waals surface area contributed by atoms with Gasteiger partial charge < -0.3 is 0 Å². The fourth-order valence-electron chi connectivity index (χ4n) is 3.79. The van der Waals surface area contributed by atoms with Crippen molar-refractivity contribution in [2.24, 2.45) is 0 Å². The van der Waals surface area contributed by atoms with E-state index in [0.717, 1.165) is 0 Å². The van der Waals surface area contributed by atoms with Gasteiger partial charge in [-0.25, -0.2) is 0 Å². The third-order valence-electron chi connectivity index (χ3n) is 5.35. The summed E-state index contributed by atoms with van der Waals surface area (Å²) in [4.78, 5) is 0. The number of hydrogen-bond donors (Lipinski definition) is 0. The van der Waals surface area contributed by atoms with Gasteiger partial charge in [0, 0.05) is 20.2 Å². The summed E-state index contributed by atoms with van der Waals surface area (Å²) in [5, 5.41) is 2.86. The van der Waals surface area contributed by atoms with E-state index < -0.39 is 0 Å². The highest BCUT2D eigenvalue weighted by Gasteiger charge is 2.37. The van der Waals surface area contributed by atoms with Crippen molar-refractivity contribution in [2.45, 2.75) is 51.4 Å². The third-order valence-corrected chi connectivity index (χ3v) is 6.48. The Morgan fingerprint density at radius 3 is 2.10 bits per heavy atom. The molecule has 0 atom stereocenters. The molecule has 4 rings (SSSR count). The van der Waals surface area contributed by atoms with Gasteiger partial charge in [-0.1, -0.05) is 45.9 Å². The number of fused-ring (bicyclic) bond motifs is 4. The summed E-state index contributed by atoms with van der Waals surface area (Å²) in [6, 6.07) is 13.8. The summed E-state index contributed by atoms with van der Waals surface area (Å²) in [5.41, 5.74) is 3.73. The molecule has 21 heavy (non-hydrogen) atoms. The van der Waals surface area contributed by atoms with Gasteiger partial charge in [-0.3, -0.25) is 0 Å². The molecule has 0 saturated heterocycles. The van der Waals surface area contributed by atoms with Gasteiger partial charge in [0.1, 0.15) is 0 Å². The zero-order valence-electron chi connectivity index (χ0n) is 13.3. The summed E-state index contributed by atoms with van der Waals surface area (Å²) >= 11 is 1.94. The van der Waals surface area contributed by atoms with Crippen LogP contribution in [-0.2, 0) is 10.8 Å². The molecule has 0 amide bonds. The molecule has 1 aliphatic carbocycles. The quantitative estimate of drug-likeness (QED) is 0.450. The SMILES string of the molecule is CC1(C)CCC(C)(C)c2cc3c(cc21)sc1ccccc13. The first-order valence-electron chi connectivity index (χ1n) is 7.85. The lowest BCUT2D eigenvalue weighted by atomic mass is 9.63. The predicted octanol–water partition coefficient (Wildman–Crippen LogP) is 6.40. The molecular formula is C20H22S. The molecule has 1 aliphatic rings. The maximum Gasteiger partial charge on any atom is 0.0358 e. The Balaban J connectivity index is 2.13. The summed E-state index contributed by atoms with van der Waals surface area (Å²) in [5.74, 6) is 0.